The molecule has 0 unspecified atom stereocenters. The molecule has 140 valence electrons. The molecule has 7 heteroatoms. The molecule has 1 aliphatic heterocycles. The second-order valence-electron chi connectivity index (χ2n) is 9.70. The maximum absolute atomic E-state index is 6.30. The zero-order chi connectivity index (χ0) is 18.5. The minimum Gasteiger partial charge on any atom is -0.398 e. The van der Waals surface area contributed by atoms with Gasteiger partial charge in [0, 0.05) is 20.6 Å². The molecule has 0 amide bonds. The smallest absolute Gasteiger partial charge is 0.398 e. The molecule has 1 aromatic heterocycles. The summed E-state index contributed by atoms with van der Waals surface area (Å²) in [5.74, 6) is 0.553. The molecule has 5 nitrogen and oxygen atoms in total. The monoisotopic (exact) mass is 364 g/mol. The Balaban J connectivity index is 1.75. The summed E-state index contributed by atoms with van der Waals surface area (Å²) in [6.45, 7) is 16.8. The molecule has 3 rings (SSSR count). The first-order valence-corrected chi connectivity index (χ1v) is 13.2. The van der Waals surface area contributed by atoms with Crippen molar-refractivity contribution in [2.24, 2.45) is 0 Å². The Morgan fingerprint density at radius 3 is 2.32 bits per heavy atom. The molecule has 2 heterocycles. The molecule has 0 bridgehead atoms. The summed E-state index contributed by atoms with van der Waals surface area (Å²) < 4.78 is 20.6. The predicted octanol–water partition coefficient (Wildman–Crippen LogP) is 3.37. The van der Waals surface area contributed by atoms with Gasteiger partial charge in [0.15, 0.2) is 0 Å². The van der Waals surface area contributed by atoms with E-state index in [-0.39, 0.29) is 18.3 Å². The van der Waals surface area contributed by atoms with Crippen LogP contribution >= 0.6 is 0 Å². The Morgan fingerprint density at radius 1 is 1.20 bits per heavy atom. The van der Waals surface area contributed by atoms with E-state index in [1.54, 1.807) is 0 Å². The lowest BCUT2D eigenvalue weighted by Crippen LogP contribution is -2.41. The largest absolute Gasteiger partial charge is 0.514 e. The molecule has 0 spiro atoms. The van der Waals surface area contributed by atoms with E-state index in [2.05, 4.69) is 56.9 Å². The summed E-state index contributed by atoms with van der Waals surface area (Å²) in [5, 5.41) is 0. The third-order valence-electron chi connectivity index (χ3n) is 5.58. The molecule has 1 aliphatic carbocycles. The first-order valence-electron chi connectivity index (χ1n) is 9.48. The first kappa shape index (κ1) is 19.1. The van der Waals surface area contributed by atoms with Gasteiger partial charge in [0.25, 0.3) is 0 Å². The van der Waals surface area contributed by atoms with Gasteiger partial charge < -0.3 is 18.6 Å². The van der Waals surface area contributed by atoms with Crippen molar-refractivity contribution in [1.29, 1.82) is 0 Å². The number of hydrogen-bond donors (Lipinski definition) is 0. The zero-order valence-electron chi connectivity index (χ0n) is 16.9. The third kappa shape index (κ3) is 4.21. The number of imidazole rings is 1. The Hall–Kier alpha value is -0.628. The second-order valence-corrected chi connectivity index (χ2v) is 15.3. The Morgan fingerprint density at radius 2 is 1.80 bits per heavy atom. The highest BCUT2D eigenvalue weighted by Gasteiger charge is 2.54. The van der Waals surface area contributed by atoms with Crippen molar-refractivity contribution in [3.63, 3.8) is 0 Å². The average Bonchev–Trinajstić information content (AvgIpc) is 3.16. The van der Waals surface area contributed by atoms with Gasteiger partial charge in [-0.2, -0.15) is 0 Å². The summed E-state index contributed by atoms with van der Waals surface area (Å²) in [5.41, 5.74) is 1.50. The fourth-order valence-electron chi connectivity index (χ4n) is 2.93. The molecule has 0 radical (unpaired) electrons. The van der Waals surface area contributed by atoms with E-state index in [0.29, 0.717) is 12.6 Å². The highest BCUT2D eigenvalue weighted by atomic mass is 28.3. The van der Waals surface area contributed by atoms with Crippen LogP contribution in [0.3, 0.4) is 0 Å². The van der Waals surface area contributed by atoms with E-state index >= 15 is 0 Å². The number of ether oxygens (including phenoxy) is 1. The summed E-state index contributed by atoms with van der Waals surface area (Å²) >= 11 is 0. The molecule has 0 atom stereocenters. The van der Waals surface area contributed by atoms with Crippen LogP contribution in [0.2, 0.25) is 25.7 Å². The van der Waals surface area contributed by atoms with Crippen LogP contribution in [0, 0.1) is 0 Å². The van der Waals surface area contributed by atoms with Crippen LogP contribution < -0.4 is 5.59 Å². The summed E-state index contributed by atoms with van der Waals surface area (Å²) in [7, 11) is -1.45. The Labute approximate surface area is 153 Å². The van der Waals surface area contributed by atoms with E-state index < -0.39 is 8.07 Å². The van der Waals surface area contributed by atoms with Gasteiger partial charge in [0.2, 0.25) is 0 Å². The van der Waals surface area contributed by atoms with E-state index in [1.165, 1.54) is 18.9 Å². The summed E-state index contributed by atoms with van der Waals surface area (Å²) in [6.07, 6.45) is 4.31. The van der Waals surface area contributed by atoms with Crippen LogP contribution in [-0.4, -0.2) is 42.6 Å². The number of rotatable bonds is 7. The fourth-order valence-corrected chi connectivity index (χ4v) is 3.69. The van der Waals surface area contributed by atoms with Crippen molar-refractivity contribution in [3.8, 4) is 0 Å². The SMILES string of the molecule is CC1(C)OB(c2c(C3CC3)ncn2COCC[Si](C)(C)C)OC1(C)C. The van der Waals surface area contributed by atoms with Gasteiger partial charge in [-0.15, -0.1) is 0 Å². The normalized spacial score (nSPS) is 22.6. The second kappa shape index (κ2) is 6.52. The quantitative estimate of drug-likeness (QED) is 0.550. The van der Waals surface area contributed by atoms with Gasteiger partial charge in [0.1, 0.15) is 6.73 Å². The van der Waals surface area contributed by atoms with E-state index in [9.17, 15) is 0 Å². The lowest BCUT2D eigenvalue weighted by molar-refractivity contribution is 0.00578. The van der Waals surface area contributed by atoms with Crippen LogP contribution in [0.4, 0.5) is 0 Å². The van der Waals surface area contributed by atoms with Gasteiger partial charge in [-0.1, -0.05) is 19.6 Å². The van der Waals surface area contributed by atoms with Crippen molar-refractivity contribution in [3.05, 3.63) is 12.0 Å². The van der Waals surface area contributed by atoms with E-state index in [1.807, 2.05) is 6.33 Å². The predicted molar refractivity (Wildman–Crippen MR) is 104 cm³/mol. The van der Waals surface area contributed by atoms with E-state index in [0.717, 1.165) is 17.9 Å². The van der Waals surface area contributed by atoms with Crippen molar-refractivity contribution in [2.45, 2.75) is 90.1 Å². The maximum atomic E-state index is 6.30. The molecule has 0 N–H and O–H groups in total. The van der Waals surface area contributed by atoms with Gasteiger partial charge in [-0.05, 0) is 46.6 Å². The number of hydrogen-bond acceptors (Lipinski definition) is 4. The van der Waals surface area contributed by atoms with Gasteiger partial charge in [0.05, 0.1) is 28.8 Å². The standard InChI is InChI=1S/C18H33BN2O3Si/c1-17(2)18(3,4)24-19(23-17)16-15(14-8-9-14)20-12-21(16)13-22-10-11-25(5,6)7/h12,14H,8-11,13H2,1-7H3. The summed E-state index contributed by atoms with van der Waals surface area (Å²) in [4.78, 5) is 4.68. The lowest BCUT2D eigenvalue weighted by atomic mass is 9.81. The average molecular weight is 364 g/mol. The highest BCUT2D eigenvalue weighted by molar-refractivity contribution is 6.76. The molecule has 2 fully saturated rings. The van der Waals surface area contributed by atoms with Crippen LogP contribution in [0.1, 0.15) is 52.1 Å². The van der Waals surface area contributed by atoms with Crippen molar-refractivity contribution in [1.82, 2.24) is 9.55 Å². The van der Waals surface area contributed by atoms with Crippen molar-refractivity contribution < 1.29 is 14.0 Å². The molecule has 1 saturated heterocycles. The number of aromatic nitrogens is 2. The van der Waals surface area contributed by atoms with Gasteiger partial charge >= 0.3 is 7.12 Å². The molecule has 1 saturated carbocycles. The molecule has 2 aliphatic rings. The van der Waals surface area contributed by atoms with Crippen LogP contribution in [-0.2, 0) is 20.8 Å². The van der Waals surface area contributed by atoms with Crippen LogP contribution in [0.15, 0.2) is 6.33 Å². The minimum absolute atomic E-state index is 0.341. The lowest BCUT2D eigenvalue weighted by Gasteiger charge is -2.32. The van der Waals surface area contributed by atoms with Crippen molar-refractivity contribution >= 4 is 20.8 Å². The maximum Gasteiger partial charge on any atom is 0.514 e. The number of nitrogens with zero attached hydrogens (tertiary/aromatic N) is 2. The van der Waals surface area contributed by atoms with Crippen LogP contribution in [0.5, 0.6) is 0 Å². The minimum atomic E-state index is -1.07. The first-order chi connectivity index (χ1) is 11.5. The highest BCUT2D eigenvalue weighted by Crippen LogP contribution is 2.41. The van der Waals surface area contributed by atoms with Gasteiger partial charge in [-0.3, -0.25) is 0 Å². The molecular weight excluding hydrogens is 331 g/mol. The molecular formula is C18H33BN2O3Si. The fraction of sp³-hybridized carbons (Fsp3) is 0.833. The van der Waals surface area contributed by atoms with E-state index in [4.69, 9.17) is 14.0 Å². The van der Waals surface area contributed by atoms with Crippen LogP contribution in [0.25, 0.3) is 0 Å². The zero-order valence-corrected chi connectivity index (χ0v) is 17.9. The third-order valence-corrected chi connectivity index (χ3v) is 7.28. The molecule has 1 aromatic rings. The molecule has 0 aromatic carbocycles. The topological polar surface area (TPSA) is 45.5 Å². The Kier molecular flexibility index (Phi) is 4.99. The summed E-state index contributed by atoms with van der Waals surface area (Å²) in [6, 6.07) is 1.17. The van der Waals surface area contributed by atoms with Gasteiger partial charge in [-0.25, -0.2) is 4.98 Å². The molecule has 25 heavy (non-hydrogen) atoms. The Bertz CT molecular complexity index is 604. The van der Waals surface area contributed by atoms with Crippen molar-refractivity contribution in [2.75, 3.05) is 6.61 Å².